The molecule has 2 aromatic rings. The van der Waals surface area contributed by atoms with Gasteiger partial charge in [-0.15, -0.1) is 0 Å². The number of anilines is 1. The van der Waals surface area contributed by atoms with Crippen LogP contribution in [0.1, 0.15) is 19.5 Å². The maximum Gasteiger partial charge on any atom is 0.243 e. The van der Waals surface area contributed by atoms with Crippen molar-refractivity contribution in [1.82, 2.24) is 14.8 Å². The third kappa shape index (κ3) is 2.19. The highest BCUT2D eigenvalue weighted by molar-refractivity contribution is 5.98. The van der Waals surface area contributed by atoms with Crippen molar-refractivity contribution in [1.29, 1.82) is 0 Å². The number of hydrogen-bond donors (Lipinski definition) is 2. The molecule has 6 nitrogen and oxygen atoms in total. The van der Waals surface area contributed by atoms with Crippen molar-refractivity contribution in [3.05, 3.63) is 18.0 Å². The van der Waals surface area contributed by atoms with E-state index in [2.05, 4.69) is 15.4 Å². The van der Waals surface area contributed by atoms with Crippen LogP contribution in [-0.4, -0.2) is 26.2 Å². The van der Waals surface area contributed by atoms with E-state index >= 15 is 0 Å². The van der Waals surface area contributed by atoms with E-state index in [1.165, 1.54) is 0 Å². The smallest absolute Gasteiger partial charge is 0.243 e. The molecular formula is C12H17N5O. The van der Waals surface area contributed by atoms with Crippen LogP contribution in [0.25, 0.3) is 11.0 Å². The molecule has 96 valence electrons. The molecule has 0 aliphatic heterocycles. The minimum atomic E-state index is -0.918. The quantitative estimate of drug-likeness (QED) is 0.827. The molecule has 18 heavy (non-hydrogen) atoms. The van der Waals surface area contributed by atoms with Gasteiger partial charge in [0.25, 0.3) is 0 Å². The predicted molar refractivity (Wildman–Crippen MR) is 70.1 cm³/mol. The number of aromatic nitrogens is 3. The van der Waals surface area contributed by atoms with E-state index in [1.54, 1.807) is 24.7 Å². The molecule has 0 radical (unpaired) electrons. The van der Waals surface area contributed by atoms with Gasteiger partial charge in [0.05, 0.1) is 23.1 Å². The molecule has 6 heteroatoms. The minimum Gasteiger partial charge on any atom is -0.323 e. The Hall–Kier alpha value is -1.95. The van der Waals surface area contributed by atoms with Crippen molar-refractivity contribution in [2.75, 3.05) is 5.32 Å². The maximum absolute atomic E-state index is 11.8. The number of amides is 1. The average Bonchev–Trinajstić information content (AvgIpc) is 2.53. The number of aryl methyl sites for hydroxylation is 2. The van der Waals surface area contributed by atoms with Crippen molar-refractivity contribution in [3.8, 4) is 0 Å². The topological polar surface area (TPSA) is 85.8 Å². The van der Waals surface area contributed by atoms with Crippen molar-refractivity contribution >= 4 is 22.6 Å². The van der Waals surface area contributed by atoms with E-state index in [1.807, 2.05) is 20.0 Å². The molecule has 0 bridgehead atoms. The number of carbonyl (C=O) groups is 1. The molecule has 0 saturated carbocycles. The molecule has 0 spiro atoms. The summed E-state index contributed by atoms with van der Waals surface area (Å²) in [5, 5.41) is 7.94. The van der Waals surface area contributed by atoms with Gasteiger partial charge >= 0.3 is 0 Å². The number of carbonyl (C=O) groups excluding carboxylic acids is 1. The standard InChI is InChI=1S/C12H17N5O/c1-7-9-5-8(15-11(18)12(2,3)13)6-14-10(9)17(4)16-7/h5-6H,13H2,1-4H3,(H,15,18). The summed E-state index contributed by atoms with van der Waals surface area (Å²) < 4.78 is 1.71. The van der Waals surface area contributed by atoms with E-state index in [-0.39, 0.29) is 5.91 Å². The molecule has 0 atom stereocenters. The van der Waals surface area contributed by atoms with Gasteiger partial charge in [-0.2, -0.15) is 5.10 Å². The normalized spacial score (nSPS) is 11.8. The van der Waals surface area contributed by atoms with Crippen molar-refractivity contribution < 1.29 is 4.79 Å². The van der Waals surface area contributed by atoms with Gasteiger partial charge in [-0.1, -0.05) is 0 Å². The number of pyridine rings is 1. The molecule has 0 aromatic carbocycles. The fourth-order valence-corrected chi connectivity index (χ4v) is 1.67. The summed E-state index contributed by atoms with van der Waals surface area (Å²) in [5.41, 5.74) is 7.10. The van der Waals surface area contributed by atoms with Crippen LogP contribution in [0.15, 0.2) is 12.3 Å². The molecule has 3 N–H and O–H groups in total. The summed E-state index contributed by atoms with van der Waals surface area (Å²) in [6, 6.07) is 1.86. The van der Waals surface area contributed by atoms with Crippen LogP contribution in [0.4, 0.5) is 5.69 Å². The first-order chi connectivity index (χ1) is 8.29. The van der Waals surface area contributed by atoms with Gasteiger partial charge in [-0.3, -0.25) is 9.48 Å². The predicted octanol–water partition coefficient (Wildman–Crippen LogP) is 0.953. The summed E-state index contributed by atoms with van der Waals surface area (Å²) in [6.45, 7) is 5.22. The second-order valence-electron chi connectivity index (χ2n) is 4.98. The SMILES string of the molecule is Cc1nn(C)c2ncc(NC(=O)C(C)(C)N)cc12. The second kappa shape index (κ2) is 4.06. The summed E-state index contributed by atoms with van der Waals surface area (Å²) in [4.78, 5) is 16.1. The minimum absolute atomic E-state index is 0.245. The van der Waals surface area contributed by atoms with Gasteiger partial charge in [-0.05, 0) is 26.8 Å². The Balaban J connectivity index is 2.36. The molecule has 0 saturated heterocycles. The molecule has 0 fully saturated rings. The summed E-state index contributed by atoms with van der Waals surface area (Å²) in [6.07, 6.45) is 1.60. The fraction of sp³-hybridized carbons (Fsp3) is 0.417. The monoisotopic (exact) mass is 247 g/mol. The molecule has 1 amide bonds. The lowest BCUT2D eigenvalue weighted by Crippen LogP contribution is -2.45. The van der Waals surface area contributed by atoms with Crippen molar-refractivity contribution in [2.45, 2.75) is 26.3 Å². The summed E-state index contributed by atoms with van der Waals surface area (Å²) in [5.74, 6) is -0.245. The fourth-order valence-electron chi connectivity index (χ4n) is 1.67. The highest BCUT2D eigenvalue weighted by Gasteiger charge is 2.22. The molecule has 2 heterocycles. The van der Waals surface area contributed by atoms with E-state index in [4.69, 9.17) is 5.73 Å². The number of rotatable bonds is 2. The number of nitrogens with one attached hydrogen (secondary N) is 1. The highest BCUT2D eigenvalue weighted by atomic mass is 16.2. The number of nitrogens with zero attached hydrogens (tertiary/aromatic N) is 3. The molecule has 0 aliphatic rings. The van der Waals surface area contributed by atoms with Crippen molar-refractivity contribution in [2.24, 2.45) is 12.8 Å². The van der Waals surface area contributed by atoms with Gasteiger partial charge in [0, 0.05) is 12.4 Å². The lowest BCUT2D eigenvalue weighted by Gasteiger charge is -2.17. The zero-order chi connectivity index (χ0) is 13.5. The van der Waals surface area contributed by atoms with Gasteiger partial charge in [0.15, 0.2) is 5.65 Å². The van der Waals surface area contributed by atoms with Crippen LogP contribution in [0.3, 0.4) is 0 Å². The van der Waals surface area contributed by atoms with E-state index in [0.717, 1.165) is 16.7 Å². The van der Waals surface area contributed by atoms with Crippen LogP contribution in [-0.2, 0) is 11.8 Å². The van der Waals surface area contributed by atoms with Gasteiger partial charge < -0.3 is 11.1 Å². The van der Waals surface area contributed by atoms with Crippen LogP contribution in [0.2, 0.25) is 0 Å². The number of fused-ring (bicyclic) bond motifs is 1. The van der Waals surface area contributed by atoms with E-state index < -0.39 is 5.54 Å². The average molecular weight is 247 g/mol. The van der Waals surface area contributed by atoms with Crippen LogP contribution in [0, 0.1) is 6.92 Å². The van der Waals surface area contributed by atoms with Gasteiger partial charge in [-0.25, -0.2) is 4.98 Å². The number of hydrogen-bond acceptors (Lipinski definition) is 4. The molecule has 2 rings (SSSR count). The zero-order valence-corrected chi connectivity index (χ0v) is 11.0. The first-order valence-electron chi connectivity index (χ1n) is 5.69. The van der Waals surface area contributed by atoms with Gasteiger partial charge in [0.2, 0.25) is 5.91 Å². The Morgan fingerprint density at radius 3 is 2.78 bits per heavy atom. The lowest BCUT2D eigenvalue weighted by atomic mass is 10.1. The summed E-state index contributed by atoms with van der Waals surface area (Å²) >= 11 is 0. The largest absolute Gasteiger partial charge is 0.323 e. The van der Waals surface area contributed by atoms with Crippen LogP contribution >= 0.6 is 0 Å². The molecular weight excluding hydrogens is 230 g/mol. The van der Waals surface area contributed by atoms with E-state index in [9.17, 15) is 4.79 Å². The Bertz CT molecular complexity index is 609. The molecule has 0 aliphatic carbocycles. The highest BCUT2D eigenvalue weighted by Crippen LogP contribution is 2.19. The van der Waals surface area contributed by atoms with Crippen molar-refractivity contribution in [3.63, 3.8) is 0 Å². The first-order valence-corrected chi connectivity index (χ1v) is 5.69. The van der Waals surface area contributed by atoms with Crippen LogP contribution in [0.5, 0.6) is 0 Å². The lowest BCUT2D eigenvalue weighted by molar-refractivity contribution is -0.120. The van der Waals surface area contributed by atoms with Crippen LogP contribution < -0.4 is 11.1 Å². The van der Waals surface area contributed by atoms with E-state index in [0.29, 0.717) is 5.69 Å². The third-order valence-electron chi connectivity index (χ3n) is 2.71. The number of nitrogens with two attached hydrogens (primary N) is 1. The second-order valence-corrected chi connectivity index (χ2v) is 4.98. The third-order valence-corrected chi connectivity index (χ3v) is 2.71. The molecule has 0 unspecified atom stereocenters. The van der Waals surface area contributed by atoms with Gasteiger partial charge in [0.1, 0.15) is 0 Å². The Morgan fingerprint density at radius 1 is 1.50 bits per heavy atom. The zero-order valence-electron chi connectivity index (χ0n) is 11.0. The Labute approximate surface area is 105 Å². The molecule has 2 aromatic heterocycles. The Morgan fingerprint density at radius 2 is 2.17 bits per heavy atom. The first kappa shape index (κ1) is 12.5. The maximum atomic E-state index is 11.8. The summed E-state index contributed by atoms with van der Waals surface area (Å²) in [7, 11) is 1.84. The Kier molecular flexibility index (Phi) is 2.82.